The van der Waals surface area contributed by atoms with E-state index < -0.39 is 5.82 Å². The number of carbonyl (C=O) groups excluding carboxylic acids is 2. The minimum atomic E-state index is -0.544. The summed E-state index contributed by atoms with van der Waals surface area (Å²) in [6.45, 7) is 2.18. The molecule has 9 nitrogen and oxygen atoms in total. The Bertz CT molecular complexity index is 1250. The average Bonchev–Trinajstić information content (AvgIpc) is 3.41. The van der Waals surface area contributed by atoms with Crippen LogP contribution in [0.15, 0.2) is 53.8 Å². The van der Waals surface area contributed by atoms with Gasteiger partial charge in [0.25, 0.3) is 5.91 Å². The van der Waals surface area contributed by atoms with Crippen molar-refractivity contribution in [1.29, 1.82) is 0 Å². The predicted molar refractivity (Wildman–Crippen MR) is 132 cm³/mol. The monoisotopic (exact) mass is 497 g/mol. The van der Waals surface area contributed by atoms with Crippen molar-refractivity contribution in [3.8, 4) is 11.5 Å². The van der Waals surface area contributed by atoms with Gasteiger partial charge in [0.1, 0.15) is 5.69 Å². The van der Waals surface area contributed by atoms with Crippen LogP contribution in [0, 0.1) is 5.82 Å². The normalized spacial score (nSPS) is 15.5. The van der Waals surface area contributed by atoms with Crippen LogP contribution in [0.2, 0.25) is 0 Å². The van der Waals surface area contributed by atoms with Gasteiger partial charge in [-0.1, -0.05) is 30.8 Å². The zero-order valence-electron chi connectivity index (χ0n) is 19.4. The first kappa shape index (κ1) is 24.3. The molecule has 0 saturated heterocycles. The number of nitrogens with one attached hydrogen (secondary N) is 2. The summed E-state index contributed by atoms with van der Waals surface area (Å²) in [6, 6.07) is 11.6. The van der Waals surface area contributed by atoms with E-state index in [1.807, 2.05) is 19.1 Å². The number of benzene rings is 2. The molecule has 2 amide bonds. The number of anilines is 1. The summed E-state index contributed by atoms with van der Waals surface area (Å²) in [4.78, 5) is 25.0. The van der Waals surface area contributed by atoms with Crippen molar-refractivity contribution in [3.63, 3.8) is 0 Å². The van der Waals surface area contributed by atoms with Crippen LogP contribution < -0.4 is 14.8 Å². The zero-order chi connectivity index (χ0) is 24.9. The number of rotatable bonds is 8. The number of aromatic nitrogens is 2. The van der Waals surface area contributed by atoms with Crippen molar-refractivity contribution in [2.45, 2.75) is 25.1 Å². The van der Waals surface area contributed by atoms with Gasteiger partial charge in [-0.25, -0.2) is 9.40 Å². The molecule has 1 aromatic heterocycles. The van der Waals surface area contributed by atoms with Crippen molar-refractivity contribution in [2.24, 2.45) is 5.10 Å². The first-order valence-corrected chi connectivity index (χ1v) is 11.7. The van der Waals surface area contributed by atoms with Crippen LogP contribution in [-0.2, 0) is 6.54 Å². The molecule has 11 heteroatoms. The first-order valence-electron chi connectivity index (χ1n) is 10.8. The van der Waals surface area contributed by atoms with Crippen LogP contribution in [0.4, 0.5) is 14.9 Å². The lowest BCUT2D eigenvalue weighted by atomic mass is 10.0. The smallest absolute Gasteiger partial charge is 0.302 e. The Hall–Kier alpha value is -3.86. The number of carbonyl (C=O) groups is 2. The quantitative estimate of drug-likeness (QED) is 0.468. The second kappa shape index (κ2) is 10.6. The Morgan fingerprint density at radius 2 is 1.89 bits per heavy atom. The minimum absolute atomic E-state index is 0.0104. The minimum Gasteiger partial charge on any atom is -0.492 e. The first-order chi connectivity index (χ1) is 16.9. The molecule has 1 atom stereocenters. The molecule has 2 aromatic carbocycles. The number of methoxy groups -OCH3 is 2. The van der Waals surface area contributed by atoms with E-state index in [0.29, 0.717) is 29.1 Å². The van der Waals surface area contributed by atoms with Gasteiger partial charge in [0.15, 0.2) is 17.3 Å². The maximum Gasteiger partial charge on any atom is 0.302 e. The van der Waals surface area contributed by atoms with Crippen LogP contribution in [0.25, 0.3) is 0 Å². The summed E-state index contributed by atoms with van der Waals surface area (Å²) in [5.74, 6) is -0.625. The van der Waals surface area contributed by atoms with Crippen molar-refractivity contribution in [1.82, 2.24) is 15.2 Å². The van der Waals surface area contributed by atoms with E-state index >= 15 is 0 Å². The molecule has 0 bridgehead atoms. The second-order valence-electron chi connectivity index (χ2n) is 7.61. The van der Waals surface area contributed by atoms with Crippen molar-refractivity contribution in [2.75, 3.05) is 19.5 Å². The number of thioether (sulfide) groups is 1. The highest BCUT2D eigenvalue weighted by atomic mass is 32.2. The fourth-order valence-electron chi connectivity index (χ4n) is 3.66. The Balaban J connectivity index is 1.58. The van der Waals surface area contributed by atoms with Gasteiger partial charge in [-0.15, -0.1) is 0 Å². The molecule has 1 aliphatic rings. The molecule has 2 heterocycles. The molecule has 2 N–H and O–H groups in total. The largest absolute Gasteiger partial charge is 0.492 e. The third kappa shape index (κ3) is 5.14. The number of aromatic amines is 1. The van der Waals surface area contributed by atoms with Gasteiger partial charge in [-0.2, -0.15) is 10.2 Å². The standard InChI is InChI=1S/C24H24FN5O4S/c1-4-19-20(16-9-10-17(25)22(34-3)21(16)33-2)29-30(24(32)35-19)13-14-5-7-15(8-6-14)27-23(31)18-11-12-26-28-18/h5-12,19H,4,13H2,1-3H3,(H,26,28)(H,27,31). The predicted octanol–water partition coefficient (Wildman–Crippen LogP) is 4.67. The van der Waals surface area contributed by atoms with Gasteiger partial charge >= 0.3 is 5.24 Å². The van der Waals surface area contributed by atoms with Crippen LogP contribution >= 0.6 is 11.8 Å². The highest BCUT2D eigenvalue weighted by Gasteiger charge is 2.33. The summed E-state index contributed by atoms with van der Waals surface area (Å²) < 4.78 is 24.9. The number of halogens is 1. The highest BCUT2D eigenvalue weighted by molar-refractivity contribution is 8.14. The summed E-state index contributed by atoms with van der Waals surface area (Å²) in [5, 5.41) is 14.8. The summed E-state index contributed by atoms with van der Waals surface area (Å²) in [7, 11) is 2.81. The number of amides is 2. The molecule has 0 radical (unpaired) electrons. The van der Waals surface area contributed by atoms with Gasteiger partial charge in [0.2, 0.25) is 0 Å². The number of ether oxygens (including phenoxy) is 2. The summed E-state index contributed by atoms with van der Waals surface area (Å²) >= 11 is 1.16. The molecule has 4 rings (SSSR count). The number of H-pyrrole nitrogens is 1. The van der Waals surface area contributed by atoms with E-state index in [2.05, 4.69) is 20.6 Å². The third-order valence-corrected chi connectivity index (χ3v) is 6.65. The molecule has 0 spiro atoms. The van der Waals surface area contributed by atoms with Gasteiger partial charge < -0.3 is 14.8 Å². The van der Waals surface area contributed by atoms with Crippen molar-refractivity contribution >= 4 is 34.3 Å². The Morgan fingerprint density at radius 3 is 2.51 bits per heavy atom. The van der Waals surface area contributed by atoms with E-state index in [-0.39, 0.29) is 34.4 Å². The molecule has 1 unspecified atom stereocenters. The van der Waals surface area contributed by atoms with E-state index in [4.69, 9.17) is 9.47 Å². The lowest BCUT2D eigenvalue weighted by Crippen LogP contribution is -2.35. The topological polar surface area (TPSA) is 109 Å². The molecule has 0 saturated carbocycles. The van der Waals surface area contributed by atoms with Gasteiger partial charge in [-0.3, -0.25) is 14.7 Å². The second-order valence-corrected chi connectivity index (χ2v) is 8.76. The SMILES string of the molecule is CCC1SC(=O)N(Cc2ccc(NC(=O)c3ccn[nH]3)cc2)N=C1c1ccc(F)c(OC)c1OC. The molecule has 35 heavy (non-hydrogen) atoms. The number of nitrogens with zero attached hydrogens (tertiary/aromatic N) is 3. The van der Waals surface area contributed by atoms with Crippen LogP contribution in [0.3, 0.4) is 0 Å². The molecule has 0 fully saturated rings. The number of hydrogen-bond acceptors (Lipinski definition) is 7. The van der Waals surface area contributed by atoms with Crippen LogP contribution in [0.1, 0.15) is 35.0 Å². The molecular weight excluding hydrogens is 473 g/mol. The Morgan fingerprint density at radius 1 is 1.14 bits per heavy atom. The fourth-order valence-corrected chi connectivity index (χ4v) is 4.58. The molecule has 182 valence electrons. The van der Waals surface area contributed by atoms with Gasteiger partial charge in [0, 0.05) is 17.4 Å². The van der Waals surface area contributed by atoms with E-state index in [9.17, 15) is 14.0 Å². The van der Waals surface area contributed by atoms with Gasteiger partial charge in [-0.05, 0) is 42.3 Å². The van der Waals surface area contributed by atoms with Crippen molar-refractivity contribution < 1.29 is 23.5 Å². The molecule has 0 aliphatic carbocycles. The van der Waals surface area contributed by atoms with E-state index in [1.165, 1.54) is 31.5 Å². The Kier molecular flexibility index (Phi) is 7.35. The number of hydrogen-bond donors (Lipinski definition) is 2. The zero-order valence-corrected chi connectivity index (χ0v) is 20.2. The fraction of sp³-hybridized carbons (Fsp3) is 0.250. The summed E-state index contributed by atoms with van der Waals surface area (Å²) in [5.41, 5.74) is 2.95. The van der Waals surface area contributed by atoms with Gasteiger partial charge in [0.05, 0.1) is 31.7 Å². The third-order valence-electron chi connectivity index (χ3n) is 5.40. The maximum absolute atomic E-state index is 14.2. The highest BCUT2D eigenvalue weighted by Crippen LogP contribution is 2.38. The number of hydrazone groups is 1. The molecule has 1 aliphatic heterocycles. The molecular formula is C24H24FN5O4S. The van der Waals surface area contributed by atoms with Crippen molar-refractivity contribution in [3.05, 3.63) is 71.3 Å². The van der Waals surface area contributed by atoms with Crippen LogP contribution in [-0.4, -0.2) is 51.5 Å². The lowest BCUT2D eigenvalue weighted by molar-refractivity contribution is 0.102. The van der Waals surface area contributed by atoms with Crippen LogP contribution in [0.5, 0.6) is 11.5 Å². The molecule has 3 aromatic rings. The lowest BCUT2D eigenvalue weighted by Gasteiger charge is -2.29. The maximum atomic E-state index is 14.2. The average molecular weight is 498 g/mol. The van der Waals surface area contributed by atoms with E-state index in [1.54, 1.807) is 24.3 Å². The van der Waals surface area contributed by atoms with E-state index in [0.717, 1.165) is 17.3 Å². The summed E-state index contributed by atoms with van der Waals surface area (Å²) in [6.07, 6.45) is 2.15. The Labute approximate surface area is 205 Å².